The summed E-state index contributed by atoms with van der Waals surface area (Å²) in [6, 6.07) is 8.11. The summed E-state index contributed by atoms with van der Waals surface area (Å²) in [4.78, 5) is 8.56. The lowest BCUT2D eigenvalue weighted by Gasteiger charge is -2.12. The second-order valence-electron chi connectivity index (χ2n) is 5.43. The van der Waals surface area contributed by atoms with Gasteiger partial charge in [0.15, 0.2) is 0 Å². The number of aromatic nitrogens is 2. The Bertz CT molecular complexity index is 872. The molecule has 2 aromatic heterocycles. The number of rotatable bonds is 5. The Kier molecular flexibility index (Phi) is 4.78. The first kappa shape index (κ1) is 16.4. The molecule has 5 nitrogen and oxygen atoms in total. The Balaban J connectivity index is 1.94. The number of aliphatic hydroxyl groups excluding tert-OH is 1. The Morgan fingerprint density at radius 1 is 1.25 bits per heavy atom. The lowest BCUT2D eigenvalue weighted by atomic mass is 10.2. The van der Waals surface area contributed by atoms with E-state index in [-0.39, 0.29) is 5.02 Å². The first-order chi connectivity index (χ1) is 11.5. The number of aliphatic hydroxyl groups is 1. The van der Waals surface area contributed by atoms with Gasteiger partial charge in [-0.25, -0.2) is 9.37 Å². The zero-order chi connectivity index (χ0) is 17.1. The Labute approximate surface area is 143 Å². The van der Waals surface area contributed by atoms with Crippen molar-refractivity contribution >= 4 is 39.7 Å². The third-order valence-corrected chi connectivity index (χ3v) is 3.69. The van der Waals surface area contributed by atoms with E-state index in [0.29, 0.717) is 18.1 Å². The summed E-state index contributed by atoms with van der Waals surface area (Å²) in [5.74, 6) is 0.173. The summed E-state index contributed by atoms with van der Waals surface area (Å²) in [7, 11) is 0. The van der Waals surface area contributed by atoms with Gasteiger partial charge in [-0.3, -0.25) is 4.98 Å². The Morgan fingerprint density at radius 3 is 2.83 bits per heavy atom. The van der Waals surface area contributed by atoms with Gasteiger partial charge < -0.3 is 15.7 Å². The zero-order valence-corrected chi connectivity index (χ0v) is 13.7. The van der Waals surface area contributed by atoms with Crippen LogP contribution >= 0.6 is 11.6 Å². The topological polar surface area (TPSA) is 70.1 Å². The van der Waals surface area contributed by atoms with Gasteiger partial charge in [-0.05, 0) is 37.3 Å². The molecule has 3 rings (SSSR count). The smallest absolute Gasteiger partial charge is 0.141 e. The number of fused-ring (bicyclic) bond motifs is 1. The summed E-state index contributed by atoms with van der Waals surface area (Å²) >= 11 is 5.82. The second-order valence-corrected chi connectivity index (χ2v) is 5.84. The van der Waals surface area contributed by atoms with Crippen molar-refractivity contribution in [1.82, 2.24) is 9.97 Å². The van der Waals surface area contributed by atoms with Crippen molar-refractivity contribution in [3.8, 4) is 0 Å². The molecule has 0 aliphatic rings. The molecule has 0 saturated carbocycles. The van der Waals surface area contributed by atoms with Crippen LogP contribution in [0.2, 0.25) is 5.02 Å². The molecule has 0 aliphatic heterocycles. The van der Waals surface area contributed by atoms with E-state index in [1.165, 1.54) is 12.1 Å². The lowest BCUT2D eigenvalue weighted by molar-refractivity contribution is 0.208. The van der Waals surface area contributed by atoms with Crippen LogP contribution < -0.4 is 10.6 Å². The molecule has 0 radical (unpaired) electrons. The van der Waals surface area contributed by atoms with E-state index in [4.69, 9.17) is 11.6 Å². The average molecular weight is 347 g/mol. The first-order valence-corrected chi connectivity index (χ1v) is 7.79. The predicted molar refractivity (Wildman–Crippen MR) is 94.4 cm³/mol. The van der Waals surface area contributed by atoms with Crippen LogP contribution in [0.15, 0.2) is 42.7 Å². The van der Waals surface area contributed by atoms with E-state index < -0.39 is 11.9 Å². The van der Waals surface area contributed by atoms with E-state index >= 15 is 0 Å². The summed E-state index contributed by atoms with van der Waals surface area (Å²) in [5, 5.41) is 16.5. The molecule has 124 valence electrons. The van der Waals surface area contributed by atoms with Crippen molar-refractivity contribution < 1.29 is 9.50 Å². The number of anilines is 3. The summed E-state index contributed by atoms with van der Waals surface area (Å²) in [6.45, 7) is 2.09. The standard InChI is InChI=1S/C17H16ClFN4O/c1-10(24)8-21-17-7-12-15(4-5-20-16(12)9-22-17)23-11-2-3-14(19)13(18)6-11/h2-7,9-10,24H,8H2,1H3,(H,20,23)(H,21,22)/t10-/m0/s1. The van der Waals surface area contributed by atoms with Crippen LogP contribution in [0.4, 0.5) is 21.6 Å². The summed E-state index contributed by atoms with van der Waals surface area (Å²) in [6.07, 6.45) is 2.85. The lowest BCUT2D eigenvalue weighted by Crippen LogP contribution is -2.15. The van der Waals surface area contributed by atoms with Gasteiger partial charge in [-0.15, -0.1) is 0 Å². The van der Waals surface area contributed by atoms with Crippen molar-refractivity contribution in [2.24, 2.45) is 0 Å². The van der Waals surface area contributed by atoms with Crippen molar-refractivity contribution in [3.63, 3.8) is 0 Å². The number of nitrogens with one attached hydrogen (secondary N) is 2. The molecule has 24 heavy (non-hydrogen) atoms. The second kappa shape index (κ2) is 6.98. The van der Waals surface area contributed by atoms with E-state index in [9.17, 15) is 9.50 Å². The molecule has 0 fully saturated rings. The molecule has 1 atom stereocenters. The maximum absolute atomic E-state index is 13.3. The molecule has 3 aromatic rings. The minimum atomic E-state index is -0.477. The molecular formula is C17H16ClFN4O. The molecular weight excluding hydrogens is 331 g/mol. The molecule has 0 aliphatic carbocycles. The molecule has 0 saturated heterocycles. The van der Waals surface area contributed by atoms with Gasteiger partial charge in [0, 0.05) is 29.5 Å². The summed E-state index contributed by atoms with van der Waals surface area (Å²) < 4.78 is 13.3. The first-order valence-electron chi connectivity index (χ1n) is 7.41. The van der Waals surface area contributed by atoms with Crippen LogP contribution in [0.3, 0.4) is 0 Å². The van der Waals surface area contributed by atoms with E-state index in [1.807, 2.05) is 12.1 Å². The summed E-state index contributed by atoms with van der Waals surface area (Å²) in [5.41, 5.74) is 2.19. The predicted octanol–water partition coefficient (Wildman–Crippen LogP) is 3.96. The highest BCUT2D eigenvalue weighted by Crippen LogP contribution is 2.28. The number of nitrogens with zero attached hydrogens (tertiary/aromatic N) is 2. The number of pyridine rings is 2. The molecule has 0 unspecified atom stereocenters. The van der Waals surface area contributed by atoms with Crippen molar-refractivity contribution in [2.75, 3.05) is 17.2 Å². The van der Waals surface area contributed by atoms with E-state index in [0.717, 1.165) is 16.6 Å². The van der Waals surface area contributed by atoms with Crippen molar-refractivity contribution in [1.29, 1.82) is 0 Å². The van der Waals surface area contributed by atoms with Gasteiger partial charge in [0.2, 0.25) is 0 Å². The van der Waals surface area contributed by atoms with Gasteiger partial charge in [-0.2, -0.15) is 0 Å². The van der Waals surface area contributed by atoms with E-state index in [1.54, 1.807) is 25.4 Å². The molecule has 0 amide bonds. The SMILES string of the molecule is C[C@H](O)CNc1cc2c(Nc3ccc(F)c(Cl)c3)ccnc2cn1. The van der Waals surface area contributed by atoms with Crippen molar-refractivity contribution in [2.45, 2.75) is 13.0 Å². The molecule has 3 N–H and O–H groups in total. The normalized spacial score (nSPS) is 12.2. The van der Waals surface area contributed by atoms with Gasteiger partial charge >= 0.3 is 0 Å². The van der Waals surface area contributed by atoms with E-state index in [2.05, 4.69) is 20.6 Å². The zero-order valence-electron chi connectivity index (χ0n) is 12.9. The van der Waals surface area contributed by atoms with Gasteiger partial charge in [0.05, 0.1) is 22.8 Å². The van der Waals surface area contributed by atoms with Crippen LogP contribution in [0.5, 0.6) is 0 Å². The van der Waals surface area contributed by atoms with Crippen LogP contribution in [0, 0.1) is 5.82 Å². The van der Waals surface area contributed by atoms with Crippen LogP contribution in [0.25, 0.3) is 10.9 Å². The Morgan fingerprint density at radius 2 is 2.08 bits per heavy atom. The fraction of sp³-hybridized carbons (Fsp3) is 0.176. The number of hydrogen-bond donors (Lipinski definition) is 3. The molecule has 2 heterocycles. The van der Waals surface area contributed by atoms with Crippen molar-refractivity contribution in [3.05, 3.63) is 53.6 Å². The maximum Gasteiger partial charge on any atom is 0.141 e. The quantitative estimate of drug-likeness (QED) is 0.652. The van der Waals surface area contributed by atoms with Crippen LogP contribution in [-0.2, 0) is 0 Å². The number of hydrogen-bond acceptors (Lipinski definition) is 5. The fourth-order valence-corrected chi connectivity index (χ4v) is 2.42. The molecule has 1 aromatic carbocycles. The largest absolute Gasteiger partial charge is 0.392 e. The van der Waals surface area contributed by atoms with Crippen LogP contribution in [0.1, 0.15) is 6.92 Å². The monoisotopic (exact) mass is 346 g/mol. The Hall–Kier alpha value is -2.44. The van der Waals surface area contributed by atoms with Gasteiger partial charge in [0.1, 0.15) is 11.6 Å². The number of benzene rings is 1. The maximum atomic E-state index is 13.3. The minimum Gasteiger partial charge on any atom is -0.392 e. The van der Waals surface area contributed by atoms with Gasteiger partial charge in [0.25, 0.3) is 0 Å². The third-order valence-electron chi connectivity index (χ3n) is 3.41. The van der Waals surface area contributed by atoms with Gasteiger partial charge in [-0.1, -0.05) is 11.6 Å². The fourth-order valence-electron chi connectivity index (χ4n) is 2.24. The highest BCUT2D eigenvalue weighted by Gasteiger charge is 2.07. The molecule has 0 bridgehead atoms. The minimum absolute atomic E-state index is 0.0549. The number of halogens is 2. The molecule has 7 heteroatoms. The highest BCUT2D eigenvalue weighted by molar-refractivity contribution is 6.31. The average Bonchev–Trinajstić information content (AvgIpc) is 2.56. The molecule has 0 spiro atoms. The van der Waals surface area contributed by atoms with Crippen LogP contribution in [-0.4, -0.2) is 27.7 Å². The third kappa shape index (κ3) is 3.72. The highest BCUT2D eigenvalue weighted by atomic mass is 35.5.